The van der Waals surface area contributed by atoms with Gasteiger partial charge in [-0.05, 0) is 224 Å². The van der Waals surface area contributed by atoms with Crippen LogP contribution >= 0.6 is 0 Å². The molecule has 112 heavy (non-hydrogen) atoms. The van der Waals surface area contributed by atoms with Crippen LogP contribution in [0.3, 0.4) is 0 Å². The highest BCUT2D eigenvalue weighted by Crippen LogP contribution is 2.22. The van der Waals surface area contributed by atoms with E-state index in [1.54, 1.807) is 68.5 Å². The summed E-state index contributed by atoms with van der Waals surface area (Å²) in [5, 5.41) is 36.7. The third-order valence-electron chi connectivity index (χ3n) is 20.6. The van der Waals surface area contributed by atoms with E-state index in [1.165, 1.54) is 6.92 Å². The van der Waals surface area contributed by atoms with Crippen LogP contribution in [0.1, 0.15) is 256 Å². The number of carbonyl (C=O) groups is 13. The van der Waals surface area contributed by atoms with Crippen molar-refractivity contribution >= 4 is 76.8 Å². The van der Waals surface area contributed by atoms with Crippen molar-refractivity contribution in [1.29, 1.82) is 0 Å². The maximum absolute atomic E-state index is 15.0. The number of rotatable bonds is 65. The van der Waals surface area contributed by atoms with Crippen molar-refractivity contribution in [3.63, 3.8) is 0 Å². The zero-order chi connectivity index (χ0) is 85.1. The predicted molar refractivity (Wildman–Crippen MR) is 440 cm³/mol. The van der Waals surface area contributed by atoms with Gasteiger partial charge in [0.1, 0.15) is 66.0 Å². The Bertz CT molecular complexity index is 2890. The molecule has 0 bridgehead atoms. The SMILES string of the molecule is C=CCCCCCC[C@@](C)(NC)C(=O)N[C@@H](CCCCN)C(=O)N[C@@H](CCCCN)C(=O)N[C@H](C(=O)N[C@@H](CC(C)C)C(=O)NCC(=O)N[C@@H](CCCCN)C(=O)N[C@@](C)(CCCC=C)C(=O)N[C@H](C(=O)N[C@@H](CCCCN)C(=O)NC(C(=O)N[C@H](C(=O)NC(CCCCN)C(N)=O)C(C)C)C(C)C)[C@@H](C)CC)C(C)CC. The second-order valence-corrected chi connectivity index (χ2v) is 31.6. The summed E-state index contributed by atoms with van der Waals surface area (Å²) in [4.78, 5) is 185. The Morgan fingerprint density at radius 3 is 1.14 bits per heavy atom. The van der Waals surface area contributed by atoms with Gasteiger partial charge in [0.15, 0.2) is 0 Å². The quantitative estimate of drug-likeness (QED) is 0.0307. The molecule has 0 saturated heterocycles. The normalized spacial score (nSPS) is 15.7. The summed E-state index contributed by atoms with van der Waals surface area (Å²) in [6, 6.07) is -11.9. The molecule has 0 aromatic heterocycles. The lowest BCUT2D eigenvalue weighted by atomic mass is 9.90. The van der Waals surface area contributed by atoms with Gasteiger partial charge in [0.2, 0.25) is 76.8 Å². The van der Waals surface area contributed by atoms with Crippen molar-refractivity contribution in [1.82, 2.24) is 69.1 Å². The minimum atomic E-state index is -1.75. The molecule has 32 nitrogen and oxygen atoms in total. The van der Waals surface area contributed by atoms with Crippen LogP contribution in [0.25, 0.3) is 0 Å². The third kappa shape index (κ3) is 40.4. The summed E-state index contributed by atoms with van der Waals surface area (Å²) in [6.45, 7) is 29.4. The minimum Gasteiger partial charge on any atom is -0.368 e. The van der Waals surface area contributed by atoms with E-state index in [9.17, 15) is 62.3 Å². The molecule has 3 unspecified atom stereocenters. The molecule has 32 heteroatoms. The van der Waals surface area contributed by atoms with Crippen LogP contribution < -0.4 is 104 Å². The minimum absolute atomic E-state index is 0.0240. The second kappa shape index (κ2) is 58.2. The number of allylic oxidation sites excluding steroid dienone is 2. The molecule has 0 rings (SSSR count). The van der Waals surface area contributed by atoms with Crippen molar-refractivity contribution in [2.45, 2.75) is 328 Å². The first-order valence-electron chi connectivity index (χ1n) is 41.3. The lowest BCUT2D eigenvalue weighted by Gasteiger charge is -2.35. The largest absolute Gasteiger partial charge is 0.368 e. The first kappa shape index (κ1) is 104. The lowest BCUT2D eigenvalue weighted by molar-refractivity contribution is -0.139. The van der Waals surface area contributed by atoms with Gasteiger partial charge in [-0.15, -0.1) is 13.2 Å². The van der Waals surface area contributed by atoms with Crippen LogP contribution in [0, 0.1) is 29.6 Å². The predicted octanol–water partition coefficient (Wildman–Crippen LogP) is 2.27. The number of hydrogen-bond donors (Lipinski definition) is 19. The Morgan fingerprint density at radius 2 is 0.714 bits per heavy atom. The molecular formula is C80H151N19O13. The molecule has 0 saturated carbocycles. The Kier molecular flexibility index (Phi) is 54.3. The highest BCUT2D eigenvalue weighted by atomic mass is 16.2. The van der Waals surface area contributed by atoms with E-state index in [0.717, 1.165) is 32.1 Å². The van der Waals surface area contributed by atoms with Gasteiger partial charge in [-0.1, -0.05) is 113 Å². The molecule has 14 atom stereocenters. The maximum atomic E-state index is 15.0. The Balaban J connectivity index is 7.02. The molecule has 0 fully saturated rings. The highest BCUT2D eigenvalue weighted by molar-refractivity contribution is 6.00. The van der Waals surface area contributed by atoms with E-state index in [1.807, 2.05) is 26.8 Å². The molecule has 0 radical (unpaired) electrons. The van der Waals surface area contributed by atoms with Gasteiger partial charge in [0, 0.05) is 0 Å². The van der Waals surface area contributed by atoms with Gasteiger partial charge in [0.05, 0.1) is 12.1 Å². The van der Waals surface area contributed by atoms with Crippen LogP contribution in [0.5, 0.6) is 0 Å². The monoisotopic (exact) mass is 1590 g/mol. The molecule has 0 aromatic carbocycles. The average Bonchev–Trinajstić information content (AvgIpc) is 0.829. The molecule has 0 spiro atoms. The smallest absolute Gasteiger partial charge is 0.246 e. The summed E-state index contributed by atoms with van der Waals surface area (Å²) >= 11 is 0. The Morgan fingerprint density at radius 1 is 0.366 bits per heavy atom. The fraction of sp³-hybridized carbons (Fsp3) is 0.787. The first-order chi connectivity index (χ1) is 53.0. The van der Waals surface area contributed by atoms with Gasteiger partial charge < -0.3 is 104 Å². The fourth-order valence-corrected chi connectivity index (χ4v) is 12.6. The van der Waals surface area contributed by atoms with E-state index in [0.29, 0.717) is 116 Å². The average molecular weight is 1590 g/mol. The number of nitrogens with one attached hydrogen (secondary N) is 13. The highest BCUT2D eigenvalue weighted by Gasteiger charge is 2.42. The van der Waals surface area contributed by atoms with Crippen molar-refractivity contribution < 1.29 is 62.3 Å². The van der Waals surface area contributed by atoms with E-state index < -0.39 is 173 Å². The third-order valence-corrected chi connectivity index (χ3v) is 20.6. The maximum Gasteiger partial charge on any atom is 0.246 e. The van der Waals surface area contributed by atoms with Gasteiger partial charge in [-0.2, -0.15) is 0 Å². The number of amides is 13. The topological polar surface area (TPSA) is 534 Å². The van der Waals surface area contributed by atoms with Crippen molar-refractivity contribution in [3.05, 3.63) is 25.3 Å². The molecule has 25 N–H and O–H groups in total. The molecule has 644 valence electrons. The number of carbonyl (C=O) groups excluding carboxylic acids is 13. The number of hydrogen-bond acceptors (Lipinski definition) is 19. The Hall–Kier alpha value is -7.65. The van der Waals surface area contributed by atoms with Crippen molar-refractivity contribution in [2.75, 3.05) is 46.3 Å². The molecule has 13 amide bonds. The molecule has 0 aromatic rings. The van der Waals surface area contributed by atoms with E-state index >= 15 is 0 Å². The van der Waals surface area contributed by atoms with Crippen LogP contribution in [0.15, 0.2) is 25.3 Å². The van der Waals surface area contributed by atoms with Crippen LogP contribution in [0.2, 0.25) is 0 Å². The van der Waals surface area contributed by atoms with E-state index in [2.05, 4.69) is 82.3 Å². The summed E-state index contributed by atoms with van der Waals surface area (Å²) in [7, 11) is 1.70. The first-order valence-corrected chi connectivity index (χ1v) is 41.3. The van der Waals surface area contributed by atoms with E-state index in [-0.39, 0.29) is 69.9 Å². The molecule has 0 aliphatic heterocycles. The molecule has 0 heterocycles. The zero-order valence-corrected chi connectivity index (χ0v) is 70.3. The van der Waals surface area contributed by atoms with Gasteiger partial charge in [0.25, 0.3) is 0 Å². The second-order valence-electron chi connectivity index (χ2n) is 31.6. The van der Waals surface area contributed by atoms with Crippen molar-refractivity contribution in [3.8, 4) is 0 Å². The van der Waals surface area contributed by atoms with Crippen LogP contribution in [0.4, 0.5) is 0 Å². The van der Waals surface area contributed by atoms with Crippen molar-refractivity contribution in [2.24, 2.45) is 64.0 Å². The van der Waals surface area contributed by atoms with Crippen LogP contribution in [-0.4, -0.2) is 195 Å². The number of likely N-dealkylation sites (N-methyl/N-ethyl adjacent to an activating group) is 1. The standard InChI is InChI=1S/C80H151N19O13/c1-16-20-22-23-24-31-42-79(13,87-15)77(111)94-59(40-28-35-47-84)69(103)91-57(38-26-33-45-82)71(105)97-65(54(11)18-3)75(109)93-61(49-51(5)6)68(102)88-50-62(100)89-60(41-29-36-48-85)72(106)99-80(14,43-30-21-17-2)78(112)98-66(55(12)19-4)76(110)92-58(39-27-34-46-83)70(104)95-64(53(9)10)74(108)96-63(52(7)8)73(107)90-56(67(86)101)37-25-32-44-81/h16-17,51-61,63-66,87H,1-2,18-50,81-85H2,3-15H3,(H2,86,101)(H,88,102)(H,89,100)(H,90,107)(H,91,103)(H,92,110)(H,93,109)(H,94,111)(H,95,104)(H,96,108)(H,97,105)(H,98,112)(H,99,106)/t54?,55-,56?,57-,58-,59-,60-,61-,63-,64?,65-,66-,79+,80-/m0/s1. The Labute approximate surface area is 668 Å². The van der Waals surface area contributed by atoms with Gasteiger partial charge >= 0.3 is 0 Å². The van der Waals surface area contributed by atoms with Gasteiger partial charge in [-0.3, -0.25) is 62.3 Å². The molecule has 0 aliphatic carbocycles. The fourth-order valence-electron chi connectivity index (χ4n) is 12.6. The van der Waals surface area contributed by atoms with E-state index in [4.69, 9.17) is 34.4 Å². The zero-order valence-electron chi connectivity index (χ0n) is 70.3. The summed E-state index contributed by atoms with van der Waals surface area (Å²) < 4.78 is 0. The number of nitrogens with two attached hydrogens (primary N) is 6. The summed E-state index contributed by atoms with van der Waals surface area (Å²) in [5.41, 5.74) is 32.0. The van der Waals surface area contributed by atoms with Gasteiger partial charge in [-0.25, -0.2) is 0 Å². The summed E-state index contributed by atoms with van der Waals surface area (Å²) in [5.74, 6) is -11.2. The number of unbranched alkanes of at least 4 members (excludes halogenated alkanes) is 10. The molecular weight excluding hydrogens is 1430 g/mol. The lowest BCUT2D eigenvalue weighted by Crippen LogP contribution is -2.65. The van der Waals surface area contributed by atoms with Crippen LogP contribution in [-0.2, 0) is 62.3 Å². The number of primary amides is 1. The summed E-state index contributed by atoms with van der Waals surface area (Å²) in [6.07, 6.45) is 15.8. The molecule has 0 aliphatic rings.